The number of rotatable bonds is 33. The van der Waals surface area contributed by atoms with Crippen LogP contribution in [0.5, 0.6) is 0 Å². The van der Waals surface area contributed by atoms with Crippen LogP contribution in [0.2, 0.25) is 0 Å². The van der Waals surface area contributed by atoms with Gasteiger partial charge in [0.1, 0.15) is 46.3 Å². The SMILES string of the molecule is CCCCN1C(=CC=CC=CC=CC2=[N+](C)c3ccccc3C2(C)C)C(C)(C)c2cc(S(=O)(=O)N(C)CCCC(=O)NCCOCCOCCOCCC(=O)NCC(=O)Nc3ccc(CC[N+]45CC[N+](CC(N)=O)(CC4)CC5)cc3)ccc21. The molecule has 4 amide bonds. The van der Waals surface area contributed by atoms with Crippen molar-refractivity contribution in [3.8, 4) is 0 Å². The van der Waals surface area contributed by atoms with Crippen molar-refractivity contribution in [1.29, 1.82) is 0 Å². The predicted octanol–water partition coefficient (Wildman–Crippen LogP) is 6.24. The van der Waals surface area contributed by atoms with Gasteiger partial charge in [-0.05, 0) is 74.2 Å². The van der Waals surface area contributed by atoms with Crippen LogP contribution in [0.4, 0.5) is 17.1 Å². The zero-order valence-corrected chi connectivity index (χ0v) is 51.1. The van der Waals surface area contributed by atoms with Crippen molar-refractivity contribution in [2.45, 2.75) is 88.9 Å². The fourth-order valence-electron chi connectivity index (χ4n) is 11.9. The van der Waals surface area contributed by atoms with Gasteiger partial charge in [0.2, 0.25) is 33.4 Å². The third-order valence-corrected chi connectivity index (χ3v) is 18.9. The number of nitrogens with two attached hydrogens (primary N) is 1. The number of ether oxygens (including phenoxy) is 3. The maximum Gasteiger partial charge on any atom is 0.272 e. The molecule has 3 aromatic rings. The highest BCUT2D eigenvalue weighted by Crippen LogP contribution is 2.49. The second-order valence-corrected chi connectivity index (χ2v) is 25.6. The highest BCUT2D eigenvalue weighted by molar-refractivity contribution is 7.89. The first-order valence-corrected chi connectivity index (χ1v) is 31.1. The summed E-state index contributed by atoms with van der Waals surface area (Å²) in [6, 6.07) is 21.8. The standard InChI is InChI=1S/C64H89N9O9S/c1-8-9-33-71-56-28-27-52(47-54(56)64(4,5)58(71)21-14-12-10-11-13-20-57-63(2,3)53-18-15-16-19-55(53)70(57)7)83(78,79)69(6)32-17-22-60(75)66-31-42-81-44-46-82-45-43-80-41-30-61(76)67-48-62(77)68-51-25-23-50(24-26-51)29-34-72-35-38-73(39-36-72,40-37-72)49-59(65)74/h10-16,18-21,23-28,47H,8-9,17,22,29-46,48-49H2,1-7H3,(H2-3,65,66,67,68,74,75,76,77)/p+3. The number of nitrogens with one attached hydrogen (secondary N) is 3. The molecule has 0 radical (unpaired) electrons. The number of primary amides is 1. The molecular formula is C64H92N9O9S+3. The van der Waals surface area contributed by atoms with Gasteiger partial charge in [0.15, 0.2) is 12.3 Å². The molecule has 83 heavy (non-hydrogen) atoms. The van der Waals surface area contributed by atoms with E-state index in [9.17, 15) is 27.6 Å². The number of amides is 4. The smallest absolute Gasteiger partial charge is 0.272 e. The number of carbonyl (C=O) groups is 4. The maximum atomic E-state index is 13.9. The molecule has 2 bridgehead atoms. The Balaban J connectivity index is 0.710. The second-order valence-electron chi connectivity index (χ2n) is 23.6. The van der Waals surface area contributed by atoms with Gasteiger partial charge in [-0.3, -0.25) is 19.2 Å². The van der Waals surface area contributed by atoms with E-state index in [1.807, 2.05) is 54.6 Å². The first kappa shape index (κ1) is 64.2. The number of sulfonamides is 1. The second kappa shape index (κ2) is 29.5. The number of piperazine rings is 3. The van der Waals surface area contributed by atoms with Gasteiger partial charge < -0.3 is 49.8 Å². The molecule has 0 aromatic heterocycles. The van der Waals surface area contributed by atoms with Gasteiger partial charge >= 0.3 is 0 Å². The molecule has 450 valence electrons. The Morgan fingerprint density at radius 2 is 1.37 bits per heavy atom. The lowest BCUT2D eigenvalue weighted by Gasteiger charge is -2.55. The van der Waals surface area contributed by atoms with Gasteiger partial charge in [-0.1, -0.05) is 87.9 Å². The summed E-state index contributed by atoms with van der Waals surface area (Å²) in [5.74, 6) is -1.00. The number of unbranched alkanes of at least 4 members (excludes halogenated alkanes) is 1. The zero-order valence-electron chi connectivity index (χ0n) is 50.3. The lowest BCUT2D eigenvalue weighted by molar-refractivity contribution is -1.08. The number of fused-ring (bicyclic) bond motifs is 5. The minimum absolute atomic E-state index is 0.0835. The molecule has 0 saturated carbocycles. The van der Waals surface area contributed by atoms with Crippen LogP contribution in [0.1, 0.15) is 83.4 Å². The molecule has 18 nitrogen and oxygen atoms in total. The quantitative estimate of drug-likeness (QED) is 0.0234. The number of quaternary nitrogens is 2. The molecule has 0 spiro atoms. The number of para-hydroxylation sites is 1. The lowest BCUT2D eigenvalue weighted by Crippen LogP contribution is -2.76. The molecule has 0 atom stereocenters. The van der Waals surface area contributed by atoms with Gasteiger partial charge in [-0.25, -0.2) is 12.7 Å². The van der Waals surface area contributed by atoms with Crippen molar-refractivity contribution >= 4 is 56.4 Å². The number of carbonyl (C=O) groups excluding carboxylic acids is 4. The summed E-state index contributed by atoms with van der Waals surface area (Å²) in [6.07, 6.45) is 18.2. The molecule has 0 aliphatic carbocycles. The van der Waals surface area contributed by atoms with E-state index in [1.54, 1.807) is 13.1 Å². The van der Waals surface area contributed by atoms with E-state index in [-0.39, 0.29) is 66.5 Å². The van der Waals surface area contributed by atoms with E-state index in [2.05, 4.69) is 116 Å². The molecule has 0 unspecified atom stereocenters. The first-order chi connectivity index (χ1) is 39.7. The van der Waals surface area contributed by atoms with Crippen molar-refractivity contribution in [2.24, 2.45) is 5.73 Å². The molecule has 3 saturated heterocycles. The van der Waals surface area contributed by atoms with Gasteiger partial charge in [0.05, 0.1) is 63.0 Å². The zero-order chi connectivity index (χ0) is 59.7. The Kier molecular flexibility index (Phi) is 22.8. The Hall–Kier alpha value is -6.32. The van der Waals surface area contributed by atoms with E-state index >= 15 is 0 Å². The fourth-order valence-corrected chi connectivity index (χ4v) is 13.2. The van der Waals surface area contributed by atoms with E-state index in [0.29, 0.717) is 58.2 Å². The largest absolute Gasteiger partial charge is 0.379 e. The van der Waals surface area contributed by atoms with E-state index in [0.717, 1.165) is 97.5 Å². The molecule has 19 heteroatoms. The Morgan fingerprint density at radius 3 is 2.06 bits per heavy atom. The summed E-state index contributed by atoms with van der Waals surface area (Å²) in [6.45, 7) is 21.6. The van der Waals surface area contributed by atoms with Crippen LogP contribution in [0.25, 0.3) is 0 Å². The fraction of sp³-hybridized carbons (Fsp3) is 0.516. The van der Waals surface area contributed by atoms with Crippen LogP contribution in [0.3, 0.4) is 0 Å². The number of nitrogens with zero attached hydrogens (tertiary/aromatic N) is 5. The summed E-state index contributed by atoms with van der Waals surface area (Å²) in [7, 11) is -0.155. The molecule has 5 aliphatic heterocycles. The van der Waals surface area contributed by atoms with Crippen molar-refractivity contribution in [3.63, 3.8) is 0 Å². The Labute approximate surface area is 493 Å². The van der Waals surface area contributed by atoms with Crippen LogP contribution in [0.15, 0.2) is 120 Å². The lowest BCUT2D eigenvalue weighted by atomic mass is 9.81. The maximum absolute atomic E-state index is 13.9. The van der Waals surface area contributed by atoms with Crippen molar-refractivity contribution in [2.75, 3.05) is 142 Å². The number of allylic oxidation sites excluding steroid dienone is 8. The third-order valence-electron chi connectivity index (χ3n) is 17.1. The van der Waals surface area contributed by atoms with Crippen LogP contribution in [0, 0.1) is 0 Å². The van der Waals surface area contributed by atoms with Crippen LogP contribution >= 0.6 is 0 Å². The van der Waals surface area contributed by atoms with Crippen molar-refractivity contribution in [1.82, 2.24) is 14.9 Å². The molecule has 5 aliphatic rings. The number of hydrogen-bond donors (Lipinski definition) is 4. The molecular weight excluding hydrogens is 1070 g/mol. The number of hydrogen-bond acceptors (Lipinski definition) is 10. The summed E-state index contributed by atoms with van der Waals surface area (Å²) in [5, 5.41) is 8.30. The predicted molar refractivity (Wildman–Crippen MR) is 327 cm³/mol. The summed E-state index contributed by atoms with van der Waals surface area (Å²) >= 11 is 0. The van der Waals surface area contributed by atoms with Gasteiger partial charge in [0, 0.05) is 86.1 Å². The highest BCUT2D eigenvalue weighted by atomic mass is 32.2. The van der Waals surface area contributed by atoms with Crippen LogP contribution in [-0.2, 0) is 60.7 Å². The third kappa shape index (κ3) is 17.0. The molecule has 5 heterocycles. The topological polar surface area (TPSA) is 202 Å². The molecule has 5 N–H and O–H groups in total. The first-order valence-electron chi connectivity index (χ1n) is 29.7. The summed E-state index contributed by atoms with van der Waals surface area (Å²) in [5.41, 5.74) is 13.8. The number of anilines is 2. The average Bonchev–Trinajstić information content (AvgIpc) is 4.05. The monoisotopic (exact) mass is 1160 g/mol. The normalized spacial score (nSPS) is 20.3. The van der Waals surface area contributed by atoms with E-state index < -0.39 is 15.4 Å². The molecule has 3 fully saturated rings. The van der Waals surface area contributed by atoms with E-state index in [1.165, 1.54) is 26.8 Å². The van der Waals surface area contributed by atoms with Gasteiger partial charge in [0.25, 0.3) is 5.91 Å². The minimum Gasteiger partial charge on any atom is -0.379 e. The van der Waals surface area contributed by atoms with Crippen LogP contribution < -0.4 is 26.6 Å². The minimum atomic E-state index is -3.83. The average molecular weight is 1160 g/mol. The van der Waals surface area contributed by atoms with Crippen LogP contribution in [-0.4, -0.2) is 188 Å². The summed E-state index contributed by atoms with van der Waals surface area (Å²) < 4.78 is 50.0. The summed E-state index contributed by atoms with van der Waals surface area (Å²) in [4.78, 5) is 51.6. The van der Waals surface area contributed by atoms with E-state index in [4.69, 9.17) is 19.9 Å². The van der Waals surface area contributed by atoms with Crippen molar-refractivity contribution < 1.29 is 55.3 Å². The Bertz CT molecular complexity index is 3000. The Morgan fingerprint density at radius 1 is 0.735 bits per heavy atom. The molecule has 3 aromatic carbocycles. The van der Waals surface area contributed by atoms with Gasteiger partial charge in [-0.2, -0.15) is 4.58 Å². The highest BCUT2D eigenvalue weighted by Gasteiger charge is 2.49. The number of benzene rings is 3. The van der Waals surface area contributed by atoms with Crippen molar-refractivity contribution in [3.05, 3.63) is 132 Å². The van der Waals surface area contributed by atoms with Gasteiger partial charge in [-0.15, -0.1) is 0 Å². The molecule has 8 rings (SSSR count).